The van der Waals surface area contributed by atoms with Gasteiger partial charge in [0.25, 0.3) is 0 Å². The van der Waals surface area contributed by atoms with Gasteiger partial charge in [0.1, 0.15) is 11.5 Å². The summed E-state index contributed by atoms with van der Waals surface area (Å²) in [5, 5.41) is 0. The minimum atomic E-state index is 0.563. The number of benzene rings is 3. The van der Waals surface area contributed by atoms with Crippen LogP contribution < -0.4 is 9.47 Å². The second kappa shape index (κ2) is 13.9. The summed E-state index contributed by atoms with van der Waals surface area (Å²) in [7, 11) is 1.74. The normalized spacial score (nSPS) is 12.4. The van der Waals surface area contributed by atoms with Crippen LogP contribution in [-0.2, 0) is 0 Å². The highest BCUT2D eigenvalue weighted by atomic mass is 16.5. The van der Waals surface area contributed by atoms with Crippen molar-refractivity contribution < 1.29 is 9.47 Å². The van der Waals surface area contributed by atoms with Gasteiger partial charge in [-0.3, -0.25) is 0 Å². The van der Waals surface area contributed by atoms with Crippen molar-refractivity contribution in [2.45, 2.75) is 67.2 Å². The number of hydrogen-bond acceptors (Lipinski definition) is 2. The Bertz CT molecular complexity index is 1190. The van der Waals surface area contributed by atoms with Crippen LogP contribution in [0.5, 0.6) is 11.5 Å². The minimum absolute atomic E-state index is 0.563. The smallest absolute Gasteiger partial charge is 0.127 e. The lowest BCUT2D eigenvalue weighted by molar-refractivity contribution is 0.232. The maximum absolute atomic E-state index is 6.51. The van der Waals surface area contributed by atoms with E-state index in [0.717, 1.165) is 35.7 Å². The summed E-state index contributed by atoms with van der Waals surface area (Å²) in [6, 6.07) is 17.5. The van der Waals surface area contributed by atoms with Gasteiger partial charge in [-0.15, -0.1) is 0 Å². The molecule has 196 valence electrons. The maximum atomic E-state index is 6.51. The summed E-state index contributed by atoms with van der Waals surface area (Å²) in [6.45, 7) is 13.8. The number of unbranched alkanes of at least 4 members (excludes halogenated alkanes) is 1. The molecule has 0 heterocycles. The van der Waals surface area contributed by atoms with Crippen LogP contribution in [0.2, 0.25) is 0 Å². The molecular weight excluding hydrogens is 452 g/mol. The van der Waals surface area contributed by atoms with E-state index in [1.165, 1.54) is 52.6 Å². The molecule has 0 saturated carbocycles. The number of hydrogen-bond donors (Lipinski definition) is 0. The van der Waals surface area contributed by atoms with Gasteiger partial charge in [-0.05, 0) is 63.3 Å². The molecule has 0 spiro atoms. The van der Waals surface area contributed by atoms with Crippen LogP contribution in [0.3, 0.4) is 0 Å². The number of ether oxygens (including phenoxy) is 2. The van der Waals surface area contributed by atoms with Gasteiger partial charge in [0, 0.05) is 11.1 Å². The molecule has 0 aliphatic rings. The van der Waals surface area contributed by atoms with E-state index >= 15 is 0 Å². The number of rotatable bonds is 12. The van der Waals surface area contributed by atoms with E-state index in [9.17, 15) is 0 Å². The van der Waals surface area contributed by atoms with Crippen LogP contribution in [0.1, 0.15) is 84.0 Å². The monoisotopic (exact) mass is 496 g/mol. The second-order valence-electron chi connectivity index (χ2n) is 10.4. The summed E-state index contributed by atoms with van der Waals surface area (Å²) in [4.78, 5) is 0. The van der Waals surface area contributed by atoms with E-state index in [1.807, 2.05) is 0 Å². The molecule has 1 unspecified atom stereocenters. The summed E-state index contributed by atoms with van der Waals surface area (Å²) < 4.78 is 12.3. The molecule has 0 N–H and O–H groups in total. The Morgan fingerprint density at radius 3 is 1.59 bits per heavy atom. The summed E-state index contributed by atoms with van der Waals surface area (Å²) in [6.07, 6.45) is 13.4. The van der Waals surface area contributed by atoms with Crippen LogP contribution in [0.15, 0.2) is 48.5 Å². The van der Waals surface area contributed by atoms with Crippen LogP contribution in [0.25, 0.3) is 24.3 Å². The molecule has 0 radical (unpaired) electrons. The lowest BCUT2D eigenvalue weighted by Crippen LogP contribution is -2.12. The van der Waals surface area contributed by atoms with Crippen molar-refractivity contribution in [3.8, 4) is 11.5 Å². The molecule has 0 aliphatic carbocycles. The topological polar surface area (TPSA) is 18.5 Å². The van der Waals surface area contributed by atoms with Gasteiger partial charge in [-0.2, -0.15) is 0 Å². The van der Waals surface area contributed by atoms with Crippen molar-refractivity contribution in [3.05, 3.63) is 93.0 Å². The first-order valence-corrected chi connectivity index (χ1v) is 13.7. The molecule has 3 rings (SSSR count). The Labute approximate surface area is 225 Å². The van der Waals surface area contributed by atoms with E-state index < -0.39 is 0 Å². The highest BCUT2D eigenvalue weighted by Crippen LogP contribution is 2.33. The van der Waals surface area contributed by atoms with Crippen molar-refractivity contribution in [1.82, 2.24) is 0 Å². The Hall–Kier alpha value is -3.26. The zero-order valence-corrected chi connectivity index (χ0v) is 23.9. The van der Waals surface area contributed by atoms with Gasteiger partial charge in [0.15, 0.2) is 0 Å². The Morgan fingerprint density at radius 1 is 0.649 bits per heavy atom. The van der Waals surface area contributed by atoms with Crippen LogP contribution in [0.4, 0.5) is 0 Å². The summed E-state index contributed by atoms with van der Waals surface area (Å²) in [5.41, 5.74) is 9.48. The van der Waals surface area contributed by atoms with E-state index in [1.54, 1.807) is 7.11 Å². The largest absolute Gasteiger partial charge is 0.496 e. The van der Waals surface area contributed by atoms with Crippen molar-refractivity contribution in [3.63, 3.8) is 0 Å². The van der Waals surface area contributed by atoms with Gasteiger partial charge in [-0.25, -0.2) is 0 Å². The van der Waals surface area contributed by atoms with Gasteiger partial charge < -0.3 is 9.47 Å². The molecule has 0 amide bonds. The first-order valence-electron chi connectivity index (χ1n) is 13.7. The van der Waals surface area contributed by atoms with E-state index in [2.05, 4.69) is 114 Å². The second-order valence-corrected chi connectivity index (χ2v) is 10.4. The standard InChI is InChI=1S/C35H44O2/c1-8-10-11-29(9-2)24-37-35-23-32(14-12-30-18-25(3)16-26(4)19-30)34(36-7)22-33(35)15-13-31-20-27(5)17-28(6)21-31/h12-23,29H,8-11,24H2,1-7H3/b14-12+,15-13+. The van der Waals surface area contributed by atoms with E-state index in [0.29, 0.717) is 5.92 Å². The Balaban J connectivity index is 1.98. The SMILES string of the molecule is CCCCC(CC)COc1cc(/C=C/c2cc(C)cc(C)c2)c(OC)cc1/C=C/c1cc(C)cc(C)c1. The van der Waals surface area contributed by atoms with Gasteiger partial charge in [-0.1, -0.05) is 116 Å². The zero-order valence-electron chi connectivity index (χ0n) is 23.9. The lowest BCUT2D eigenvalue weighted by atomic mass is 10.00. The Morgan fingerprint density at radius 2 is 1.14 bits per heavy atom. The van der Waals surface area contributed by atoms with Gasteiger partial charge in [0.2, 0.25) is 0 Å². The average Bonchev–Trinajstić information content (AvgIpc) is 2.85. The third-order valence-electron chi connectivity index (χ3n) is 6.78. The molecule has 0 fully saturated rings. The first-order chi connectivity index (χ1) is 17.8. The molecule has 0 saturated heterocycles. The molecule has 1 atom stereocenters. The van der Waals surface area contributed by atoms with Gasteiger partial charge in [0.05, 0.1) is 13.7 Å². The minimum Gasteiger partial charge on any atom is -0.496 e. The Kier molecular flexibility index (Phi) is 10.6. The molecule has 0 bridgehead atoms. The fourth-order valence-electron chi connectivity index (χ4n) is 4.84. The zero-order chi connectivity index (χ0) is 26.8. The first kappa shape index (κ1) is 28.3. The van der Waals surface area contributed by atoms with Crippen LogP contribution >= 0.6 is 0 Å². The highest BCUT2D eigenvalue weighted by molar-refractivity contribution is 5.79. The predicted octanol–water partition coefficient (Wildman–Crippen LogP) is 9.86. The van der Waals surface area contributed by atoms with Crippen LogP contribution in [0, 0.1) is 33.6 Å². The molecular formula is C35H44O2. The van der Waals surface area contributed by atoms with Crippen LogP contribution in [-0.4, -0.2) is 13.7 Å². The van der Waals surface area contributed by atoms with Crippen molar-refractivity contribution >= 4 is 24.3 Å². The fourth-order valence-corrected chi connectivity index (χ4v) is 4.84. The predicted molar refractivity (Wildman–Crippen MR) is 161 cm³/mol. The van der Waals surface area contributed by atoms with Gasteiger partial charge >= 0.3 is 0 Å². The quantitative estimate of drug-likeness (QED) is 0.232. The number of methoxy groups -OCH3 is 1. The number of aryl methyl sites for hydroxylation is 4. The van der Waals surface area contributed by atoms with E-state index in [-0.39, 0.29) is 0 Å². The lowest BCUT2D eigenvalue weighted by Gasteiger charge is -2.18. The molecule has 2 heteroatoms. The molecule has 3 aromatic rings. The molecule has 0 aromatic heterocycles. The van der Waals surface area contributed by atoms with E-state index in [4.69, 9.17) is 9.47 Å². The third kappa shape index (κ3) is 8.67. The average molecular weight is 497 g/mol. The van der Waals surface area contributed by atoms with Crippen molar-refractivity contribution in [1.29, 1.82) is 0 Å². The highest BCUT2D eigenvalue weighted by Gasteiger charge is 2.12. The molecule has 37 heavy (non-hydrogen) atoms. The molecule has 2 nitrogen and oxygen atoms in total. The van der Waals surface area contributed by atoms with Crippen molar-refractivity contribution in [2.24, 2.45) is 5.92 Å². The summed E-state index contributed by atoms with van der Waals surface area (Å²) >= 11 is 0. The molecule has 3 aromatic carbocycles. The maximum Gasteiger partial charge on any atom is 0.127 e. The summed E-state index contributed by atoms with van der Waals surface area (Å²) in [5.74, 6) is 2.30. The molecule has 0 aliphatic heterocycles. The van der Waals surface area contributed by atoms with Crippen molar-refractivity contribution in [2.75, 3.05) is 13.7 Å². The third-order valence-corrected chi connectivity index (χ3v) is 6.78. The fraction of sp³-hybridized carbons (Fsp3) is 0.371.